The van der Waals surface area contributed by atoms with Crippen molar-refractivity contribution in [1.29, 1.82) is 0 Å². The van der Waals surface area contributed by atoms with Crippen LogP contribution in [0.25, 0.3) is 22.0 Å². The van der Waals surface area contributed by atoms with Crippen LogP contribution in [0.1, 0.15) is 26.3 Å². The van der Waals surface area contributed by atoms with E-state index in [4.69, 9.17) is 10.5 Å². The number of fused-ring (bicyclic) bond motifs is 1. The number of nitrogen functional groups attached to an aromatic ring is 1. The lowest BCUT2D eigenvalue weighted by Crippen LogP contribution is -2.09. The van der Waals surface area contributed by atoms with E-state index >= 15 is 0 Å². The minimum atomic E-state index is -1.10. The second-order valence-electron chi connectivity index (χ2n) is 6.45. The Morgan fingerprint density at radius 2 is 2.04 bits per heavy atom. The molecule has 5 nitrogen and oxygen atoms in total. The van der Waals surface area contributed by atoms with Gasteiger partial charge in [0.1, 0.15) is 12.0 Å². The number of nitrogens with two attached hydrogens (primary N) is 1. The summed E-state index contributed by atoms with van der Waals surface area (Å²) in [7, 11) is 1.63. The fourth-order valence-electron chi connectivity index (χ4n) is 3.15. The average molecular weight is 372 g/mol. The van der Waals surface area contributed by atoms with Crippen molar-refractivity contribution in [3.05, 3.63) is 42.6 Å². The number of hydrogen-bond donors (Lipinski definition) is 2. The Bertz CT molecular complexity index is 921. The highest BCUT2D eigenvalue weighted by Crippen LogP contribution is 2.37. The van der Waals surface area contributed by atoms with Gasteiger partial charge in [-0.1, -0.05) is 13.0 Å². The summed E-state index contributed by atoms with van der Waals surface area (Å²) in [6.07, 6.45) is 4.83. The second-order valence-corrected chi connectivity index (χ2v) is 7.56. The monoisotopic (exact) mass is 371 g/mol. The van der Waals surface area contributed by atoms with Crippen LogP contribution in [0.2, 0.25) is 0 Å². The second kappa shape index (κ2) is 7.51. The van der Waals surface area contributed by atoms with Crippen molar-refractivity contribution in [1.82, 2.24) is 4.57 Å². The molecule has 2 atom stereocenters. The van der Waals surface area contributed by atoms with Crippen molar-refractivity contribution >= 4 is 33.6 Å². The first-order chi connectivity index (χ1) is 12.4. The summed E-state index contributed by atoms with van der Waals surface area (Å²) >= 11 is -1.10. The Labute approximate surface area is 157 Å². The molecule has 0 aliphatic carbocycles. The molecule has 26 heavy (non-hydrogen) atoms. The number of anilines is 2. The number of hydrogen-bond acceptors (Lipinski definition) is 4. The van der Waals surface area contributed by atoms with Gasteiger partial charge in [-0.25, -0.2) is 4.72 Å². The highest BCUT2D eigenvalue weighted by Gasteiger charge is 2.16. The first-order valence-corrected chi connectivity index (χ1v) is 10.2. The molecule has 1 heterocycles. The van der Waals surface area contributed by atoms with Crippen molar-refractivity contribution in [2.45, 2.75) is 26.3 Å². The lowest BCUT2D eigenvalue weighted by molar-refractivity contribution is 0.417. The summed E-state index contributed by atoms with van der Waals surface area (Å²) in [6.45, 7) is 4.37. The van der Waals surface area contributed by atoms with Gasteiger partial charge in [0.05, 0.1) is 35.4 Å². The van der Waals surface area contributed by atoms with E-state index in [1.165, 1.54) is 0 Å². The van der Waals surface area contributed by atoms with Crippen LogP contribution in [0.4, 0.5) is 11.4 Å². The molecule has 0 fully saturated rings. The Hall–Kier alpha value is -2.31. The molecule has 3 aromatic rings. The van der Waals surface area contributed by atoms with E-state index in [-0.39, 0.29) is 0 Å². The smallest absolute Gasteiger partial charge is 0.142 e. The van der Waals surface area contributed by atoms with Gasteiger partial charge in [0.15, 0.2) is 0 Å². The molecule has 0 amide bonds. The van der Waals surface area contributed by atoms with Gasteiger partial charge in [-0.15, -0.1) is 0 Å². The van der Waals surface area contributed by atoms with E-state index in [1.807, 2.05) is 24.3 Å². The van der Waals surface area contributed by atoms with Crippen LogP contribution in [-0.4, -0.2) is 22.5 Å². The standard InChI is InChI=1S/C20H25N3O2S/c1-5-13(2)23-12-17(14-6-9-18(21)20(10-14)25-3)16-8-7-15(11-19(16)23)22-26(4)24/h6-13,22H,5,21H2,1-4H3/t13-,26?/m0/s1. The highest BCUT2D eigenvalue weighted by atomic mass is 32.2. The van der Waals surface area contributed by atoms with Gasteiger partial charge in [0.25, 0.3) is 0 Å². The number of nitrogens with one attached hydrogen (secondary N) is 1. The zero-order valence-corrected chi connectivity index (χ0v) is 16.4. The van der Waals surface area contributed by atoms with Crippen LogP contribution in [0.15, 0.2) is 42.6 Å². The quantitative estimate of drug-likeness (QED) is 0.491. The molecule has 3 rings (SSSR count). The molecule has 0 radical (unpaired) electrons. The molecular weight excluding hydrogens is 346 g/mol. The maximum Gasteiger partial charge on any atom is 0.142 e. The van der Waals surface area contributed by atoms with Crippen LogP contribution in [0.3, 0.4) is 0 Å². The van der Waals surface area contributed by atoms with Crippen LogP contribution in [-0.2, 0) is 11.4 Å². The van der Waals surface area contributed by atoms with Gasteiger partial charge in [-0.2, -0.15) is 0 Å². The largest absolute Gasteiger partial charge is 0.593 e. The molecular formula is C20H25N3O2S. The normalized spacial score (nSPS) is 13.6. The molecule has 0 saturated heterocycles. The summed E-state index contributed by atoms with van der Waals surface area (Å²) in [4.78, 5) is 0. The maximum absolute atomic E-state index is 11.5. The third kappa shape index (κ3) is 3.48. The maximum atomic E-state index is 11.5. The summed E-state index contributed by atoms with van der Waals surface area (Å²) in [6, 6.07) is 12.3. The predicted octanol–water partition coefficient (Wildman–Crippen LogP) is 4.58. The van der Waals surface area contributed by atoms with Crippen molar-refractivity contribution in [2.24, 2.45) is 0 Å². The van der Waals surface area contributed by atoms with Crippen LogP contribution >= 0.6 is 0 Å². The summed E-state index contributed by atoms with van der Waals surface area (Å²) < 4.78 is 22.2. The molecule has 1 aromatic heterocycles. The molecule has 0 aliphatic rings. The predicted molar refractivity (Wildman–Crippen MR) is 111 cm³/mol. The van der Waals surface area contributed by atoms with Gasteiger partial charge in [0.2, 0.25) is 0 Å². The van der Waals surface area contributed by atoms with E-state index in [9.17, 15) is 4.55 Å². The molecule has 6 heteroatoms. The number of benzene rings is 2. The van der Waals surface area contributed by atoms with Crippen molar-refractivity contribution < 1.29 is 9.29 Å². The lowest BCUT2D eigenvalue weighted by atomic mass is 10.0. The SMILES string of the molecule is CC[C@H](C)n1cc(-c2ccc(N)c(OC)c2)c2ccc(N[S+](C)[O-])cc21. The minimum absolute atomic E-state index is 0.351. The number of nitrogens with zero attached hydrogens (tertiary/aromatic N) is 1. The van der Waals surface area contributed by atoms with Gasteiger partial charge in [-0.3, -0.25) is 0 Å². The topological polar surface area (TPSA) is 75.3 Å². The molecule has 0 spiro atoms. The van der Waals surface area contributed by atoms with Gasteiger partial charge < -0.3 is 19.6 Å². The van der Waals surface area contributed by atoms with E-state index < -0.39 is 11.4 Å². The molecule has 2 aromatic carbocycles. The van der Waals surface area contributed by atoms with E-state index in [0.29, 0.717) is 17.5 Å². The summed E-state index contributed by atoms with van der Waals surface area (Å²) in [5.41, 5.74) is 10.7. The molecule has 3 N–H and O–H groups in total. The fourth-order valence-corrected chi connectivity index (χ4v) is 3.61. The number of ether oxygens (including phenoxy) is 1. The lowest BCUT2D eigenvalue weighted by Gasteiger charge is -2.13. The molecule has 0 saturated carbocycles. The molecule has 0 aliphatic heterocycles. The zero-order valence-electron chi connectivity index (χ0n) is 15.6. The summed E-state index contributed by atoms with van der Waals surface area (Å²) in [5.74, 6) is 0.673. The van der Waals surface area contributed by atoms with E-state index in [2.05, 4.69) is 41.5 Å². The van der Waals surface area contributed by atoms with Crippen molar-refractivity contribution in [3.8, 4) is 16.9 Å². The molecule has 1 unspecified atom stereocenters. The van der Waals surface area contributed by atoms with Gasteiger partial charge in [-0.05, 0) is 49.2 Å². The van der Waals surface area contributed by atoms with Crippen molar-refractivity contribution in [2.75, 3.05) is 23.8 Å². The fraction of sp³-hybridized carbons (Fsp3) is 0.300. The number of rotatable bonds is 6. The zero-order chi connectivity index (χ0) is 18.8. The Kier molecular flexibility index (Phi) is 5.34. The third-order valence-electron chi connectivity index (χ3n) is 4.71. The van der Waals surface area contributed by atoms with Crippen LogP contribution < -0.4 is 15.2 Å². The molecule has 138 valence electrons. The van der Waals surface area contributed by atoms with E-state index in [0.717, 1.165) is 34.1 Å². The first kappa shape index (κ1) is 18.5. The third-order valence-corrected chi connectivity index (χ3v) is 5.23. The Morgan fingerprint density at radius 3 is 2.69 bits per heavy atom. The van der Waals surface area contributed by atoms with Crippen molar-refractivity contribution in [3.63, 3.8) is 0 Å². The number of methoxy groups -OCH3 is 1. The summed E-state index contributed by atoms with van der Waals surface area (Å²) in [5, 5.41) is 1.14. The highest BCUT2D eigenvalue weighted by molar-refractivity contribution is 7.92. The minimum Gasteiger partial charge on any atom is -0.593 e. The van der Waals surface area contributed by atoms with Crippen LogP contribution in [0, 0.1) is 0 Å². The Morgan fingerprint density at radius 1 is 1.27 bits per heavy atom. The number of aromatic nitrogens is 1. The van der Waals surface area contributed by atoms with Gasteiger partial charge in [0, 0.05) is 23.2 Å². The van der Waals surface area contributed by atoms with E-state index in [1.54, 1.807) is 13.4 Å². The molecule has 0 bridgehead atoms. The van der Waals surface area contributed by atoms with Gasteiger partial charge >= 0.3 is 0 Å². The average Bonchev–Trinajstić information content (AvgIpc) is 3.00. The van der Waals surface area contributed by atoms with Crippen LogP contribution in [0.5, 0.6) is 5.75 Å². The first-order valence-electron chi connectivity index (χ1n) is 8.63. The Balaban J connectivity index is 2.19.